The van der Waals surface area contributed by atoms with Crippen LogP contribution in [0.5, 0.6) is 0 Å². The highest BCUT2D eigenvalue weighted by Gasteiger charge is 2.20. The van der Waals surface area contributed by atoms with E-state index in [9.17, 15) is 9.59 Å². The second-order valence-electron chi connectivity index (χ2n) is 7.52. The number of rotatable bonds is 10. The molecule has 1 rings (SSSR count). The molecule has 1 unspecified atom stereocenters. The number of hydrogen-bond acceptors (Lipinski definition) is 4. The quantitative estimate of drug-likeness (QED) is 0.593. The van der Waals surface area contributed by atoms with Crippen molar-refractivity contribution in [3.63, 3.8) is 0 Å². The molecule has 0 saturated heterocycles. The highest BCUT2D eigenvalue weighted by Crippen LogP contribution is 2.19. The Kier molecular flexibility index (Phi) is 8.44. The van der Waals surface area contributed by atoms with Gasteiger partial charge in [-0.25, -0.2) is 0 Å². The fourth-order valence-electron chi connectivity index (χ4n) is 2.63. The first-order chi connectivity index (χ1) is 12.1. The number of amides is 1. The van der Waals surface area contributed by atoms with Crippen molar-refractivity contribution < 1.29 is 19.1 Å². The van der Waals surface area contributed by atoms with E-state index in [2.05, 4.69) is 0 Å². The van der Waals surface area contributed by atoms with Crippen molar-refractivity contribution >= 4 is 12.2 Å². The lowest BCUT2D eigenvalue weighted by molar-refractivity contribution is -0.0254. The maximum Gasteiger partial charge on any atom is 0.254 e. The average Bonchev–Trinajstić information content (AvgIpc) is 2.60. The molecular formula is C21H33NO4. The number of carbonyl (C=O) groups is 2. The van der Waals surface area contributed by atoms with Crippen LogP contribution < -0.4 is 0 Å². The number of carbonyl (C=O) groups excluding carboxylic acids is 2. The van der Waals surface area contributed by atoms with E-state index in [1.54, 1.807) is 19.1 Å². The third kappa shape index (κ3) is 6.22. The first-order valence-electron chi connectivity index (χ1n) is 9.10. The van der Waals surface area contributed by atoms with E-state index in [0.29, 0.717) is 24.3 Å². The summed E-state index contributed by atoms with van der Waals surface area (Å²) in [4.78, 5) is 25.9. The number of aldehydes is 1. The van der Waals surface area contributed by atoms with Gasteiger partial charge in [-0.2, -0.15) is 0 Å². The molecule has 0 fully saturated rings. The van der Waals surface area contributed by atoms with Gasteiger partial charge < -0.3 is 14.4 Å². The molecule has 0 heterocycles. The van der Waals surface area contributed by atoms with Crippen molar-refractivity contribution in [1.29, 1.82) is 0 Å². The highest BCUT2D eigenvalue weighted by atomic mass is 16.5. The Morgan fingerprint density at radius 2 is 1.88 bits per heavy atom. The Bertz CT molecular complexity index is 625. The summed E-state index contributed by atoms with van der Waals surface area (Å²) >= 11 is 0. The zero-order chi connectivity index (χ0) is 19.9. The molecule has 0 aliphatic rings. The van der Waals surface area contributed by atoms with Crippen molar-refractivity contribution in [1.82, 2.24) is 4.90 Å². The summed E-state index contributed by atoms with van der Waals surface area (Å²) in [6.45, 7) is 11.0. The van der Waals surface area contributed by atoms with Gasteiger partial charge >= 0.3 is 0 Å². The van der Waals surface area contributed by atoms with E-state index in [0.717, 1.165) is 30.3 Å². The van der Waals surface area contributed by atoms with Gasteiger partial charge in [-0.05, 0) is 58.6 Å². The Labute approximate surface area is 157 Å². The van der Waals surface area contributed by atoms with Gasteiger partial charge in [-0.1, -0.05) is 12.1 Å². The predicted molar refractivity (Wildman–Crippen MR) is 104 cm³/mol. The maximum absolute atomic E-state index is 12.8. The maximum atomic E-state index is 12.8. The number of benzene rings is 1. The van der Waals surface area contributed by atoms with Crippen LogP contribution in [-0.2, 0) is 9.47 Å². The molecule has 1 aromatic carbocycles. The van der Waals surface area contributed by atoms with Crippen LogP contribution in [0, 0.1) is 13.8 Å². The van der Waals surface area contributed by atoms with Gasteiger partial charge in [0, 0.05) is 32.9 Å². The minimum atomic E-state index is -0.194. The molecule has 0 bridgehead atoms. The lowest BCUT2D eigenvalue weighted by Crippen LogP contribution is -2.32. The Morgan fingerprint density at radius 1 is 1.27 bits per heavy atom. The van der Waals surface area contributed by atoms with Gasteiger partial charge in [0.15, 0.2) is 6.29 Å². The summed E-state index contributed by atoms with van der Waals surface area (Å²) in [6, 6.07) is 3.75. The van der Waals surface area contributed by atoms with E-state index < -0.39 is 0 Å². The molecule has 0 spiro atoms. The summed E-state index contributed by atoms with van der Waals surface area (Å²) in [5.41, 5.74) is 2.42. The molecule has 26 heavy (non-hydrogen) atoms. The molecular weight excluding hydrogens is 330 g/mol. The second-order valence-corrected chi connectivity index (χ2v) is 7.52. The summed E-state index contributed by atoms with van der Waals surface area (Å²) in [5, 5.41) is 0. The van der Waals surface area contributed by atoms with Gasteiger partial charge in [-0.15, -0.1) is 0 Å². The van der Waals surface area contributed by atoms with Crippen LogP contribution in [0.15, 0.2) is 12.1 Å². The smallest absolute Gasteiger partial charge is 0.254 e. The zero-order valence-corrected chi connectivity index (χ0v) is 17.2. The summed E-state index contributed by atoms with van der Waals surface area (Å²) < 4.78 is 11.2. The molecule has 0 aromatic heterocycles. The van der Waals surface area contributed by atoms with E-state index in [4.69, 9.17) is 9.47 Å². The Morgan fingerprint density at radius 3 is 2.46 bits per heavy atom. The van der Waals surface area contributed by atoms with Gasteiger partial charge in [0.05, 0.1) is 17.3 Å². The lowest BCUT2D eigenvalue weighted by atomic mass is 9.97. The van der Waals surface area contributed by atoms with Crippen LogP contribution in [-0.4, -0.2) is 56.1 Å². The molecule has 146 valence electrons. The first kappa shape index (κ1) is 22.3. The molecule has 1 atom stereocenters. The third-order valence-electron chi connectivity index (χ3n) is 4.88. The fraction of sp³-hybridized carbons (Fsp3) is 0.619. The zero-order valence-electron chi connectivity index (χ0n) is 17.2. The molecule has 0 N–H and O–H groups in total. The predicted octanol–water partition coefficient (Wildman–Crippen LogP) is 3.80. The van der Waals surface area contributed by atoms with Crippen LogP contribution in [0.25, 0.3) is 0 Å². The number of nitrogens with zero attached hydrogens (tertiary/aromatic N) is 1. The van der Waals surface area contributed by atoms with Crippen LogP contribution in [0.2, 0.25) is 0 Å². The van der Waals surface area contributed by atoms with Crippen LogP contribution >= 0.6 is 0 Å². The molecule has 5 nitrogen and oxygen atoms in total. The topological polar surface area (TPSA) is 55.8 Å². The summed E-state index contributed by atoms with van der Waals surface area (Å²) in [7, 11) is 3.46. The standard InChI is InChI=1S/C21H33NO4/c1-15-8-9-16(2)19(18(15)14-23)20(24)22(6)12-10-17(3)26-13-11-21(4,5)25-7/h8-9,14,17H,10-13H2,1-7H3. The molecule has 0 aliphatic carbocycles. The monoisotopic (exact) mass is 363 g/mol. The first-order valence-corrected chi connectivity index (χ1v) is 9.10. The van der Waals surface area contributed by atoms with Crippen molar-refractivity contribution in [3.05, 3.63) is 34.4 Å². The van der Waals surface area contributed by atoms with E-state index >= 15 is 0 Å². The number of ether oxygens (including phenoxy) is 2. The van der Waals surface area contributed by atoms with Crippen LogP contribution in [0.4, 0.5) is 0 Å². The van der Waals surface area contributed by atoms with E-state index in [-0.39, 0.29) is 17.6 Å². The minimum absolute atomic E-state index is 0.0436. The molecule has 1 amide bonds. The Hall–Kier alpha value is -1.72. The normalized spacial score (nSPS) is 12.7. The number of methoxy groups -OCH3 is 1. The fourth-order valence-corrected chi connectivity index (χ4v) is 2.63. The molecule has 0 saturated carbocycles. The lowest BCUT2D eigenvalue weighted by Gasteiger charge is -2.25. The molecule has 5 heteroatoms. The molecule has 0 radical (unpaired) electrons. The summed E-state index contributed by atoms with van der Waals surface area (Å²) in [6.07, 6.45) is 2.36. The SMILES string of the molecule is COC(C)(C)CCOC(C)CCN(C)C(=O)c1c(C)ccc(C)c1C=O. The highest BCUT2D eigenvalue weighted by molar-refractivity contribution is 6.03. The van der Waals surface area contributed by atoms with Gasteiger partial charge in [0.2, 0.25) is 0 Å². The largest absolute Gasteiger partial charge is 0.379 e. The third-order valence-corrected chi connectivity index (χ3v) is 4.88. The van der Waals surface area contributed by atoms with Crippen molar-refractivity contribution in [2.24, 2.45) is 0 Å². The van der Waals surface area contributed by atoms with Crippen molar-refractivity contribution in [2.45, 2.75) is 59.2 Å². The summed E-state index contributed by atoms with van der Waals surface area (Å²) in [5.74, 6) is -0.124. The van der Waals surface area contributed by atoms with E-state index in [1.807, 2.05) is 46.8 Å². The van der Waals surface area contributed by atoms with Gasteiger partial charge in [0.1, 0.15) is 0 Å². The second kappa shape index (κ2) is 9.83. The molecule has 1 aromatic rings. The van der Waals surface area contributed by atoms with E-state index in [1.165, 1.54) is 0 Å². The van der Waals surface area contributed by atoms with Crippen molar-refractivity contribution in [2.75, 3.05) is 27.3 Å². The Balaban J connectivity index is 2.61. The van der Waals surface area contributed by atoms with Crippen molar-refractivity contribution in [3.8, 4) is 0 Å². The number of aryl methyl sites for hydroxylation is 2. The number of hydrogen-bond donors (Lipinski definition) is 0. The minimum Gasteiger partial charge on any atom is -0.379 e. The molecule has 0 aliphatic heterocycles. The van der Waals surface area contributed by atoms with Crippen LogP contribution in [0.1, 0.15) is 65.5 Å². The van der Waals surface area contributed by atoms with Crippen LogP contribution in [0.3, 0.4) is 0 Å². The average molecular weight is 363 g/mol. The van der Waals surface area contributed by atoms with Gasteiger partial charge in [0.25, 0.3) is 5.91 Å². The van der Waals surface area contributed by atoms with Gasteiger partial charge in [-0.3, -0.25) is 9.59 Å².